The molecule has 2 N–H and O–H groups in total. The molecule has 3 amide bonds. The Labute approximate surface area is 211 Å². The van der Waals surface area contributed by atoms with Crippen LogP contribution in [0.4, 0.5) is 15.3 Å². The fourth-order valence-electron chi connectivity index (χ4n) is 3.59. The van der Waals surface area contributed by atoms with Crippen LogP contribution in [0, 0.1) is 0 Å². The van der Waals surface area contributed by atoms with Gasteiger partial charge in [0.2, 0.25) is 0 Å². The highest BCUT2D eigenvalue weighted by atomic mass is 16.6. The third-order valence-electron chi connectivity index (χ3n) is 5.29. The Bertz CT molecular complexity index is 1210. The van der Waals surface area contributed by atoms with Crippen molar-refractivity contribution < 1.29 is 23.8 Å². The second kappa shape index (κ2) is 11.6. The molecule has 3 rings (SSSR count). The predicted octanol–water partition coefficient (Wildman–Crippen LogP) is 4.73. The first kappa shape index (κ1) is 26.5. The minimum Gasteiger partial charge on any atom is -0.497 e. The maximum atomic E-state index is 13.2. The molecule has 0 spiro atoms. The zero-order valence-electron chi connectivity index (χ0n) is 21.5. The summed E-state index contributed by atoms with van der Waals surface area (Å²) in [5.41, 5.74) is 1.39. The second-order valence-electron chi connectivity index (χ2n) is 9.03. The number of aromatic nitrogens is 2. The summed E-state index contributed by atoms with van der Waals surface area (Å²) < 4.78 is 16.4. The normalized spacial score (nSPS) is 11.1. The number of carbonyl (C=O) groups is 2. The highest BCUT2D eigenvalue weighted by molar-refractivity contribution is 6.05. The van der Waals surface area contributed by atoms with Crippen LogP contribution in [0.2, 0.25) is 0 Å². The van der Waals surface area contributed by atoms with Crippen molar-refractivity contribution in [2.24, 2.45) is 0 Å². The molecule has 0 saturated carbocycles. The van der Waals surface area contributed by atoms with E-state index in [0.29, 0.717) is 46.7 Å². The fraction of sp³-hybridized carbons (Fsp3) is 0.385. The lowest BCUT2D eigenvalue weighted by atomic mass is 10.1. The van der Waals surface area contributed by atoms with Crippen molar-refractivity contribution >= 4 is 28.6 Å². The first-order valence-corrected chi connectivity index (χ1v) is 11.6. The topological polar surface area (TPSA) is 115 Å². The van der Waals surface area contributed by atoms with Crippen molar-refractivity contribution in [1.82, 2.24) is 20.2 Å². The summed E-state index contributed by atoms with van der Waals surface area (Å²) in [4.78, 5) is 35.6. The van der Waals surface area contributed by atoms with Gasteiger partial charge in [0.15, 0.2) is 0 Å². The summed E-state index contributed by atoms with van der Waals surface area (Å²) in [6, 6.07) is 6.99. The monoisotopic (exact) mass is 495 g/mol. The molecule has 0 saturated heterocycles. The number of amides is 3. The number of urea groups is 1. The number of methoxy groups -OCH3 is 2. The second-order valence-corrected chi connectivity index (χ2v) is 9.03. The van der Waals surface area contributed by atoms with Crippen LogP contribution < -0.4 is 20.1 Å². The molecule has 1 aromatic carbocycles. The molecule has 0 bridgehead atoms. The van der Waals surface area contributed by atoms with E-state index in [4.69, 9.17) is 14.2 Å². The molecule has 10 nitrogen and oxygen atoms in total. The molecule has 0 atom stereocenters. The van der Waals surface area contributed by atoms with Crippen LogP contribution in [-0.4, -0.2) is 53.4 Å². The van der Waals surface area contributed by atoms with Gasteiger partial charge >= 0.3 is 12.1 Å². The molecular weight excluding hydrogens is 462 g/mol. The predicted molar refractivity (Wildman–Crippen MR) is 137 cm³/mol. The molecule has 2 heterocycles. The van der Waals surface area contributed by atoms with Gasteiger partial charge in [-0.15, -0.1) is 0 Å². The van der Waals surface area contributed by atoms with E-state index in [-0.39, 0.29) is 12.6 Å². The molecule has 0 aliphatic carbocycles. The van der Waals surface area contributed by atoms with Crippen LogP contribution in [0.1, 0.15) is 39.0 Å². The molecule has 36 heavy (non-hydrogen) atoms. The van der Waals surface area contributed by atoms with Gasteiger partial charge in [-0.2, -0.15) is 0 Å². The van der Waals surface area contributed by atoms with Crippen molar-refractivity contribution in [2.45, 2.75) is 46.4 Å². The van der Waals surface area contributed by atoms with Crippen LogP contribution >= 0.6 is 0 Å². The Morgan fingerprint density at radius 3 is 2.42 bits per heavy atom. The Morgan fingerprint density at radius 1 is 1.08 bits per heavy atom. The fourth-order valence-corrected chi connectivity index (χ4v) is 3.59. The van der Waals surface area contributed by atoms with Gasteiger partial charge in [0, 0.05) is 42.3 Å². The summed E-state index contributed by atoms with van der Waals surface area (Å²) >= 11 is 0. The van der Waals surface area contributed by atoms with Crippen molar-refractivity contribution in [3.8, 4) is 11.5 Å². The van der Waals surface area contributed by atoms with E-state index >= 15 is 0 Å². The van der Waals surface area contributed by atoms with Gasteiger partial charge in [-0.05, 0) is 51.5 Å². The zero-order chi connectivity index (χ0) is 26.3. The van der Waals surface area contributed by atoms with Crippen LogP contribution in [0.15, 0.2) is 42.9 Å². The quantitative estimate of drug-likeness (QED) is 0.464. The van der Waals surface area contributed by atoms with E-state index in [1.807, 2.05) is 19.1 Å². The van der Waals surface area contributed by atoms with Crippen LogP contribution in [0.3, 0.4) is 0 Å². The lowest BCUT2D eigenvalue weighted by molar-refractivity contribution is 0.0523. The molecule has 10 heteroatoms. The number of anilines is 1. The van der Waals surface area contributed by atoms with Crippen molar-refractivity contribution in [3.63, 3.8) is 0 Å². The minimum atomic E-state index is -0.625. The summed E-state index contributed by atoms with van der Waals surface area (Å²) in [5, 5.41) is 7.00. The highest BCUT2D eigenvalue weighted by Gasteiger charge is 2.20. The summed E-state index contributed by atoms with van der Waals surface area (Å²) in [7, 11) is 3.09. The Hall–Kier alpha value is -4.08. The van der Waals surface area contributed by atoms with Crippen LogP contribution in [0.5, 0.6) is 11.5 Å². The van der Waals surface area contributed by atoms with Crippen molar-refractivity contribution in [1.29, 1.82) is 0 Å². The zero-order valence-corrected chi connectivity index (χ0v) is 21.5. The van der Waals surface area contributed by atoms with Gasteiger partial charge in [-0.3, -0.25) is 9.97 Å². The number of rotatable bonds is 8. The highest BCUT2D eigenvalue weighted by Crippen LogP contribution is 2.37. The van der Waals surface area contributed by atoms with E-state index in [2.05, 4.69) is 20.6 Å². The number of hydrogen-bond acceptors (Lipinski definition) is 7. The van der Waals surface area contributed by atoms with Crippen LogP contribution in [-0.2, 0) is 17.8 Å². The molecule has 0 aliphatic rings. The smallest absolute Gasteiger partial charge is 0.407 e. The molecule has 0 aliphatic heterocycles. The third-order valence-corrected chi connectivity index (χ3v) is 5.29. The standard InChI is InChI=1S/C26H33N5O5/c1-7-31(16-17-8-10-27-11-9-17)24(32)30-20-14-28-21(15-29-25(33)36-26(2,3)4)23-19(20)12-18(34-5)13-22(23)35-6/h8-14H,7,15-16H2,1-6H3,(H,29,33)(H,30,32). The Kier molecular flexibility index (Phi) is 8.52. The summed E-state index contributed by atoms with van der Waals surface area (Å²) in [5.74, 6) is 1.05. The largest absolute Gasteiger partial charge is 0.497 e. The van der Waals surface area contributed by atoms with Gasteiger partial charge in [-0.1, -0.05) is 0 Å². The number of carbonyl (C=O) groups excluding carboxylic acids is 2. The number of hydrogen-bond donors (Lipinski definition) is 2. The third kappa shape index (κ3) is 6.74. The van der Waals surface area contributed by atoms with Gasteiger partial charge in [0.25, 0.3) is 0 Å². The average molecular weight is 496 g/mol. The molecule has 2 aromatic heterocycles. The van der Waals surface area contributed by atoms with E-state index in [1.54, 1.807) is 63.5 Å². The van der Waals surface area contributed by atoms with E-state index in [9.17, 15) is 9.59 Å². The molecule has 0 fully saturated rings. The molecule has 0 unspecified atom stereocenters. The van der Waals surface area contributed by atoms with Crippen molar-refractivity contribution in [3.05, 3.63) is 54.1 Å². The first-order valence-electron chi connectivity index (χ1n) is 11.6. The van der Waals surface area contributed by atoms with Gasteiger partial charge in [0.05, 0.1) is 38.3 Å². The number of ether oxygens (including phenoxy) is 3. The maximum absolute atomic E-state index is 13.2. The molecular formula is C26H33N5O5. The maximum Gasteiger partial charge on any atom is 0.407 e. The lowest BCUT2D eigenvalue weighted by Crippen LogP contribution is -2.34. The number of nitrogens with zero attached hydrogens (tertiary/aromatic N) is 3. The number of alkyl carbamates (subject to hydrolysis) is 1. The number of nitrogens with one attached hydrogen (secondary N) is 2. The number of fused-ring (bicyclic) bond motifs is 1. The molecule has 192 valence electrons. The molecule has 3 aromatic rings. The summed E-state index contributed by atoms with van der Waals surface area (Å²) in [6.45, 7) is 8.33. The van der Waals surface area contributed by atoms with Gasteiger partial charge in [0.1, 0.15) is 17.1 Å². The number of benzene rings is 1. The Balaban J connectivity index is 1.94. The van der Waals surface area contributed by atoms with Gasteiger partial charge in [-0.25, -0.2) is 9.59 Å². The SMILES string of the molecule is CCN(Cc1ccncc1)C(=O)Nc1cnc(CNC(=O)OC(C)(C)C)c2c(OC)cc(OC)cc12. The van der Waals surface area contributed by atoms with E-state index in [1.165, 1.54) is 7.11 Å². The number of pyridine rings is 2. The summed E-state index contributed by atoms with van der Waals surface area (Å²) in [6.07, 6.45) is 4.39. The Morgan fingerprint density at radius 2 is 1.81 bits per heavy atom. The van der Waals surface area contributed by atoms with E-state index in [0.717, 1.165) is 5.56 Å². The van der Waals surface area contributed by atoms with Gasteiger partial charge < -0.3 is 29.7 Å². The first-order chi connectivity index (χ1) is 17.1. The average Bonchev–Trinajstić information content (AvgIpc) is 2.85. The molecule has 0 radical (unpaired) electrons. The van der Waals surface area contributed by atoms with Crippen LogP contribution in [0.25, 0.3) is 10.8 Å². The van der Waals surface area contributed by atoms with E-state index < -0.39 is 11.7 Å². The lowest BCUT2D eigenvalue weighted by Gasteiger charge is -2.23. The van der Waals surface area contributed by atoms with Crippen molar-refractivity contribution in [2.75, 3.05) is 26.1 Å². The minimum absolute atomic E-state index is 0.103.